The number of nitrogens with zero attached hydrogens (tertiary/aromatic N) is 5. The number of carbonyl (C=O) groups is 1. The Morgan fingerprint density at radius 3 is 2.57 bits per heavy atom. The second-order valence-electron chi connectivity index (χ2n) is 10.3. The molecule has 1 aliphatic heterocycles. The molecule has 0 unspecified atom stereocenters. The molecule has 224 valence electrons. The van der Waals surface area contributed by atoms with Gasteiger partial charge in [0.2, 0.25) is 11.8 Å². The molecule has 1 amide bonds. The number of halogens is 2. The normalized spacial score (nSPS) is 14.5. The fourth-order valence-corrected chi connectivity index (χ4v) is 5.78. The molecule has 44 heavy (non-hydrogen) atoms. The first kappa shape index (κ1) is 29.5. The van der Waals surface area contributed by atoms with E-state index in [4.69, 9.17) is 32.9 Å². The van der Waals surface area contributed by atoms with Crippen LogP contribution in [0.1, 0.15) is 18.5 Å². The molecule has 2 aromatic carbocycles. The van der Waals surface area contributed by atoms with Gasteiger partial charge in [-0.25, -0.2) is 14.6 Å². The lowest BCUT2D eigenvalue weighted by Crippen LogP contribution is -2.35. The second-order valence-corrected chi connectivity index (χ2v) is 11.1. The molecule has 1 atom stereocenters. The van der Waals surface area contributed by atoms with Crippen molar-refractivity contribution in [1.82, 2.24) is 35.4 Å². The minimum atomic E-state index is -0.276. The summed E-state index contributed by atoms with van der Waals surface area (Å²) in [6.45, 7) is 1.06. The van der Waals surface area contributed by atoms with Crippen molar-refractivity contribution in [2.45, 2.75) is 25.4 Å². The van der Waals surface area contributed by atoms with Gasteiger partial charge in [0, 0.05) is 60.9 Å². The van der Waals surface area contributed by atoms with Gasteiger partial charge in [-0.1, -0.05) is 53.5 Å². The van der Waals surface area contributed by atoms with Gasteiger partial charge in [-0.3, -0.25) is 14.6 Å². The molecule has 0 aliphatic carbocycles. The molecule has 1 saturated heterocycles. The number of rotatable bonds is 9. The predicted molar refractivity (Wildman–Crippen MR) is 170 cm³/mol. The highest BCUT2D eigenvalue weighted by atomic mass is 35.5. The molecule has 4 heterocycles. The Bertz CT molecular complexity index is 1950. The van der Waals surface area contributed by atoms with Crippen LogP contribution < -0.4 is 26.2 Å². The van der Waals surface area contributed by atoms with Crippen molar-refractivity contribution in [3.8, 4) is 28.3 Å². The van der Waals surface area contributed by atoms with Crippen LogP contribution in [0.2, 0.25) is 10.0 Å². The van der Waals surface area contributed by atoms with Gasteiger partial charge in [0.25, 0.3) is 5.56 Å². The molecule has 13 heteroatoms. The van der Waals surface area contributed by atoms with Crippen LogP contribution in [0.5, 0.6) is 5.88 Å². The van der Waals surface area contributed by atoms with Crippen LogP contribution in [0.3, 0.4) is 0 Å². The highest BCUT2D eigenvalue weighted by molar-refractivity contribution is 6.39. The summed E-state index contributed by atoms with van der Waals surface area (Å²) < 4.78 is 6.81. The zero-order chi connectivity index (χ0) is 30.8. The Morgan fingerprint density at radius 2 is 1.80 bits per heavy atom. The largest absolute Gasteiger partial charge is 0.480 e. The maximum absolute atomic E-state index is 12.8. The molecular formula is C31H28Cl2N8O3. The Balaban J connectivity index is 1.28. The third-order valence-electron chi connectivity index (χ3n) is 7.45. The van der Waals surface area contributed by atoms with Crippen LogP contribution in [0.4, 0.5) is 11.5 Å². The van der Waals surface area contributed by atoms with Gasteiger partial charge in [0.1, 0.15) is 11.5 Å². The highest BCUT2D eigenvalue weighted by Crippen LogP contribution is 2.42. The number of aromatic nitrogens is 5. The van der Waals surface area contributed by atoms with Crippen molar-refractivity contribution in [2.24, 2.45) is 7.05 Å². The number of anilines is 2. The van der Waals surface area contributed by atoms with Gasteiger partial charge >= 0.3 is 0 Å². The number of aryl methyl sites for hydroxylation is 1. The van der Waals surface area contributed by atoms with Crippen molar-refractivity contribution in [3.05, 3.63) is 87.1 Å². The van der Waals surface area contributed by atoms with Gasteiger partial charge in [-0.2, -0.15) is 5.10 Å². The van der Waals surface area contributed by atoms with E-state index in [0.717, 1.165) is 6.42 Å². The smallest absolute Gasteiger partial charge is 0.278 e. The Morgan fingerprint density at radius 1 is 1.02 bits per heavy atom. The fourth-order valence-electron chi connectivity index (χ4n) is 5.18. The highest BCUT2D eigenvalue weighted by Gasteiger charge is 2.21. The Hall–Kier alpha value is -4.58. The van der Waals surface area contributed by atoms with Crippen LogP contribution in [0.25, 0.3) is 33.2 Å². The molecule has 3 aromatic heterocycles. The summed E-state index contributed by atoms with van der Waals surface area (Å²) in [6, 6.07) is 13.0. The molecule has 0 bridgehead atoms. The molecule has 0 saturated carbocycles. The van der Waals surface area contributed by atoms with Crippen molar-refractivity contribution >= 4 is 51.4 Å². The predicted octanol–water partition coefficient (Wildman–Crippen LogP) is 4.88. The first-order valence-corrected chi connectivity index (χ1v) is 14.7. The zero-order valence-electron chi connectivity index (χ0n) is 23.9. The van der Waals surface area contributed by atoms with Crippen molar-refractivity contribution in [1.29, 1.82) is 0 Å². The number of fused-ring (bicyclic) bond motifs is 1. The molecule has 3 N–H and O–H groups in total. The standard InChI is InChI=1S/C31H28Cl2N8O3/c1-41-31(43)26-17(13-37-41)11-12-35-29(26)39-22-8-4-6-20(28(22)33)19-5-3-7-21(27(19)32)23-16-36-24(30(40-23)44-2)15-34-14-18-9-10-25(42)38-18/h3-8,11-13,16,18,34H,9-10,14-15H2,1-2H3,(H,35,39)(H,38,42)/t18-/m1/s1. The number of pyridine rings is 1. The van der Waals surface area contributed by atoms with Gasteiger partial charge in [0.15, 0.2) is 0 Å². The van der Waals surface area contributed by atoms with E-state index in [1.54, 1.807) is 44.9 Å². The fraction of sp³-hybridized carbons (Fsp3) is 0.226. The van der Waals surface area contributed by atoms with E-state index in [-0.39, 0.29) is 17.5 Å². The van der Waals surface area contributed by atoms with E-state index >= 15 is 0 Å². The van der Waals surface area contributed by atoms with E-state index in [2.05, 4.69) is 31.0 Å². The lowest BCUT2D eigenvalue weighted by molar-refractivity contribution is -0.119. The van der Waals surface area contributed by atoms with Gasteiger partial charge in [-0.15, -0.1) is 0 Å². The minimum absolute atomic E-state index is 0.0774. The molecule has 1 fully saturated rings. The van der Waals surface area contributed by atoms with Gasteiger partial charge in [0.05, 0.1) is 46.3 Å². The molecule has 0 radical (unpaired) electrons. The molecule has 5 aromatic rings. The molecule has 11 nitrogen and oxygen atoms in total. The van der Waals surface area contributed by atoms with E-state index in [1.807, 2.05) is 30.3 Å². The van der Waals surface area contributed by atoms with Crippen LogP contribution in [0.15, 0.2) is 65.8 Å². The average Bonchev–Trinajstić information content (AvgIpc) is 3.45. The van der Waals surface area contributed by atoms with Gasteiger partial charge in [-0.05, 0) is 18.6 Å². The zero-order valence-corrected chi connectivity index (χ0v) is 25.4. The molecule has 1 aliphatic rings. The number of amides is 1. The summed E-state index contributed by atoms with van der Waals surface area (Å²) in [7, 11) is 3.13. The lowest BCUT2D eigenvalue weighted by atomic mass is 10.0. The molecule has 0 spiro atoms. The monoisotopic (exact) mass is 630 g/mol. The Kier molecular flexibility index (Phi) is 8.42. The topological polar surface area (TPSA) is 136 Å². The third-order valence-corrected chi connectivity index (χ3v) is 8.27. The van der Waals surface area contributed by atoms with E-state index in [0.29, 0.717) is 85.8 Å². The van der Waals surface area contributed by atoms with Crippen molar-refractivity contribution in [2.75, 3.05) is 19.0 Å². The number of carbonyl (C=O) groups excluding carboxylic acids is 1. The van der Waals surface area contributed by atoms with Gasteiger partial charge < -0.3 is 20.7 Å². The van der Waals surface area contributed by atoms with Crippen molar-refractivity contribution in [3.63, 3.8) is 0 Å². The SMILES string of the molecule is COc1nc(-c2cccc(-c3cccc(Nc4nccc5cnn(C)c(=O)c45)c3Cl)c2Cl)cnc1CNC[C@H]1CCC(=O)N1. The number of benzene rings is 2. The summed E-state index contributed by atoms with van der Waals surface area (Å²) >= 11 is 13.9. The first-order chi connectivity index (χ1) is 21.3. The number of methoxy groups -OCH3 is 1. The molecular weight excluding hydrogens is 603 g/mol. The number of ether oxygens (including phenoxy) is 1. The number of nitrogens with one attached hydrogen (secondary N) is 3. The van der Waals surface area contributed by atoms with Crippen molar-refractivity contribution < 1.29 is 9.53 Å². The molecule has 6 rings (SSSR count). The average molecular weight is 632 g/mol. The minimum Gasteiger partial charge on any atom is -0.480 e. The summed E-state index contributed by atoms with van der Waals surface area (Å²) in [5, 5.41) is 15.5. The van der Waals surface area contributed by atoms with Crippen LogP contribution >= 0.6 is 23.2 Å². The lowest BCUT2D eigenvalue weighted by Gasteiger charge is -2.16. The van der Waals surface area contributed by atoms with E-state index in [1.165, 1.54) is 4.68 Å². The summed E-state index contributed by atoms with van der Waals surface area (Å²) in [4.78, 5) is 38.0. The third kappa shape index (κ3) is 5.81. The van der Waals surface area contributed by atoms with Crippen LogP contribution in [-0.2, 0) is 18.4 Å². The number of hydrogen-bond donors (Lipinski definition) is 3. The van der Waals surface area contributed by atoms with Crippen LogP contribution in [-0.4, -0.2) is 50.3 Å². The Labute approximate surface area is 262 Å². The maximum atomic E-state index is 12.8. The summed E-state index contributed by atoms with van der Waals surface area (Å²) in [5.41, 5.74) is 3.48. The van der Waals surface area contributed by atoms with E-state index in [9.17, 15) is 9.59 Å². The maximum Gasteiger partial charge on any atom is 0.278 e. The second kappa shape index (κ2) is 12.6. The summed E-state index contributed by atoms with van der Waals surface area (Å²) in [6.07, 6.45) is 6.24. The number of hydrogen-bond acceptors (Lipinski definition) is 9. The van der Waals surface area contributed by atoms with E-state index < -0.39 is 0 Å². The van der Waals surface area contributed by atoms with Crippen LogP contribution in [0, 0.1) is 0 Å². The first-order valence-electron chi connectivity index (χ1n) is 13.9. The quantitative estimate of drug-likeness (QED) is 0.208. The summed E-state index contributed by atoms with van der Waals surface area (Å²) in [5.74, 6) is 0.822.